The molecule has 6 heterocycles. The van der Waals surface area contributed by atoms with Crippen LogP contribution in [0.5, 0.6) is 0 Å². The van der Waals surface area contributed by atoms with Crippen molar-refractivity contribution in [2.45, 2.75) is 45.1 Å². The minimum absolute atomic E-state index is 0.103. The number of hydrogen-bond donors (Lipinski definition) is 2. The third kappa shape index (κ3) is 4.44. The van der Waals surface area contributed by atoms with E-state index in [9.17, 15) is 0 Å². The normalized spacial score (nSPS) is 18.9. The number of piperidine rings is 1. The molecule has 5 aromatic rings. The first kappa shape index (κ1) is 23.9. The third-order valence-corrected chi connectivity index (χ3v) is 8.01. The number of rotatable bonds is 6. The molecule has 0 spiro atoms. The Morgan fingerprint density at radius 3 is 2.79 bits per heavy atom. The second-order valence-corrected chi connectivity index (χ2v) is 11.3. The maximum absolute atomic E-state index is 5.24. The number of anilines is 3. The van der Waals surface area contributed by atoms with Crippen molar-refractivity contribution >= 4 is 34.1 Å². The molecule has 1 aliphatic carbocycles. The molecule has 1 saturated carbocycles. The second kappa shape index (κ2) is 9.23. The quantitative estimate of drug-likeness (QED) is 0.333. The minimum Gasteiger partial charge on any atom is -0.355 e. The molecular weight excluding hydrogens is 488 g/mol. The Hall–Kier alpha value is -4.18. The van der Waals surface area contributed by atoms with Gasteiger partial charge in [-0.05, 0) is 67.0 Å². The summed E-state index contributed by atoms with van der Waals surface area (Å²) in [6.45, 7) is 6.65. The van der Waals surface area contributed by atoms with E-state index in [1.807, 2.05) is 48.9 Å². The first-order valence-corrected chi connectivity index (χ1v) is 13.6. The van der Waals surface area contributed by atoms with E-state index in [0.29, 0.717) is 29.6 Å². The van der Waals surface area contributed by atoms with E-state index in [1.165, 1.54) is 18.4 Å². The highest BCUT2D eigenvalue weighted by atomic mass is 15.3. The lowest BCUT2D eigenvalue weighted by molar-refractivity contribution is 0.215. The molecule has 10 heteroatoms. The van der Waals surface area contributed by atoms with Crippen molar-refractivity contribution in [1.29, 1.82) is 0 Å². The van der Waals surface area contributed by atoms with Crippen molar-refractivity contribution < 1.29 is 0 Å². The first-order valence-electron chi connectivity index (χ1n) is 13.6. The molecule has 2 N–H and O–H groups in total. The van der Waals surface area contributed by atoms with Crippen molar-refractivity contribution in [3.63, 3.8) is 0 Å². The summed E-state index contributed by atoms with van der Waals surface area (Å²) < 4.78 is 1.73. The van der Waals surface area contributed by atoms with Crippen LogP contribution in [0.3, 0.4) is 0 Å². The molecule has 1 atom stereocenters. The molecule has 2 aliphatic rings. The average molecular weight is 521 g/mol. The topological polar surface area (TPSA) is 109 Å². The molecule has 0 amide bonds. The van der Waals surface area contributed by atoms with Crippen LogP contribution in [0.25, 0.3) is 27.9 Å². The standard InChI is InChI=1S/C29H32N10/c1-29(2)17-30-11-10-22(29)38(3)27-25-20(18-7-8-18)15-31-16-21(25)33-26(36-27)19-9-12-32-23(14-19)34-28-35-24-6-4-5-13-39(24)37-28/h4-6,9,12-16,18,22,30H,7-8,10-11,17H2,1-3H3,(H,32,34,37). The van der Waals surface area contributed by atoms with Crippen LogP contribution in [-0.2, 0) is 0 Å². The number of pyridine rings is 3. The Morgan fingerprint density at radius 1 is 1.08 bits per heavy atom. The molecule has 0 bridgehead atoms. The summed E-state index contributed by atoms with van der Waals surface area (Å²) in [6, 6.07) is 10.0. The van der Waals surface area contributed by atoms with Crippen molar-refractivity contribution in [3.05, 3.63) is 60.7 Å². The van der Waals surface area contributed by atoms with Crippen molar-refractivity contribution in [2.75, 3.05) is 30.4 Å². The van der Waals surface area contributed by atoms with E-state index < -0.39 is 0 Å². The highest BCUT2D eigenvalue weighted by molar-refractivity contribution is 5.94. The largest absolute Gasteiger partial charge is 0.355 e. The molecule has 39 heavy (non-hydrogen) atoms. The number of nitrogens with zero attached hydrogens (tertiary/aromatic N) is 8. The maximum Gasteiger partial charge on any atom is 0.248 e. The van der Waals surface area contributed by atoms with Crippen LogP contribution in [0.1, 0.15) is 44.6 Å². The van der Waals surface area contributed by atoms with Gasteiger partial charge in [0.25, 0.3) is 0 Å². The molecule has 0 radical (unpaired) electrons. The highest BCUT2D eigenvalue weighted by Crippen LogP contribution is 2.45. The van der Waals surface area contributed by atoms with Gasteiger partial charge in [-0.1, -0.05) is 19.9 Å². The van der Waals surface area contributed by atoms with Crippen LogP contribution in [-0.4, -0.2) is 60.7 Å². The van der Waals surface area contributed by atoms with Crippen LogP contribution in [0.2, 0.25) is 0 Å². The molecule has 1 unspecified atom stereocenters. The van der Waals surface area contributed by atoms with Gasteiger partial charge in [-0.15, -0.1) is 5.10 Å². The van der Waals surface area contributed by atoms with E-state index >= 15 is 0 Å². The first-order chi connectivity index (χ1) is 19.0. The molecule has 1 saturated heterocycles. The Kier molecular flexibility index (Phi) is 5.66. The van der Waals surface area contributed by atoms with E-state index in [-0.39, 0.29) is 5.41 Å². The van der Waals surface area contributed by atoms with Gasteiger partial charge in [0.05, 0.1) is 11.7 Å². The number of aromatic nitrogens is 7. The van der Waals surface area contributed by atoms with Crippen molar-refractivity contribution in [1.82, 2.24) is 39.9 Å². The minimum atomic E-state index is 0.103. The fourth-order valence-corrected chi connectivity index (χ4v) is 5.84. The van der Waals surface area contributed by atoms with E-state index in [1.54, 1.807) is 10.7 Å². The molecule has 5 aromatic heterocycles. The summed E-state index contributed by atoms with van der Waals surface area (Å²) in [5.74, 6) is 3.29. The maximum atomic E-state index is 5.24. The van der Waals surface area contributed by atoms with E-state index in [4.69, 9.17) is 9.97 Å². The third-order valence-electron chi connectivity index (χ3n) is 8.01. The molecule has 0 aromatic carbocycles. The van der Waals surface area contributed by atoms with Crippen LogP contribution < -0.4 is 15.5 Å². The van der Waals surface area contributed by atoms with Gasteiger partial charge in [-0.25, -0.2) is 19.5 Å². The zero-order valence-electron chi connectivity index (χ0n) is 22.5. The number of hydrogen-bond acceptors (Lipinski definition) is 9. The number of fused-ring (bicyclic) bond motifs is 2. The predicted octanol–water partition coefficient (Wildman–Crippen LogP) is 4.57. The van der Waals surface area contributed by atoms with E-state index in [2.05, 4.69) is 56.5 Å². The zero-order valence-corrected chi connectivity index (χ0v) is 22.5. The molecule has 10 nitrogen and oxygen atoms in total. The molecule has 7 rings (SSSR count). The van der Waals surface area contributed by atoms with Crippen LogP contribution in [0, 0.1) is 5.41 Å². The van der Waals surface area contributed by atoms with Crippen molar-refractivity contribution in [3.8, 4) is 11.4 Å². The fraction of sp³-hybridized carbons (Fsp3) is 0.379. The van der Waals surface area contributed by atoms with Gasteiger partial charge in [0.1, 0.15) is 11.6 Å². The van der Waals surface area contributed by atoms with Crippen LogP contribution in [0.15, 0.2) is 55.1 Å². The lowest BCUT2D eigenvalue weighted by atomic mass is 9.79. The van der Waals surface area contributed by atoms with Crippen LogP contribution >= 0.6 is 0 Å². The van der Waals surface area contributed by atoms with Gasteiger partial charge in [-0.2, -0.15) is 4.98 Å². The Morgan fingerprint density at radius 2 is 1.97 bits per heavy atom. The fourth-order valence-electron chi connectivity index (χ4n) is 5.84. The zero-order chi connectivity index (χ0) is 26.6. The molecule has 2 fully saturated rings. The molecule has 1 aliphatic heterocycles. The highest BCUT2D eigenvalue weighted by Gasteiger charge is 2.37. The monoisotopic (exact) mass is 520 g/mol. The Balaban J connectivity index is 1.31. The van der Waals surface area contributed by atoms with Gasteiger partial charge in [0, 0.05) is 49.2 Å². The summed E-state index contributed by atoms with van der Waals surface area (Å²) in [6.07, 6.45) is 11.0. The predicted molar refractivity (Wildman–Crippen MR) is 152 cm³/mol. The molecule has 198 valence electrons. The van der Waals surface area contributed by atoms with Gasteiger partial charge in [-0.3, -0.25) is 4.98 Å². The summed E-state index contributed by atoms with van der Waals surface area (Å²) in [4.78, 5) is 26.3. The SMILES string of the molecule is CN(c1nc(-c2ccnc(Nc3nc4ccccn4n3)c2)nc2cncc(C3CC3)c12)C1CCNCC1(C)C. The lowest BCUT2D eigenvalue weighted by Crippen LogP contribution is -2.53. The lowest BCUT2D eigenvalue weighted by Gasteiger charge is -2.45. The Labute approximate surface area is 226 Å². The van der Waals surface area contributed by atoms with Crippen molar-refractivity contribution in [2.24, 2.45) is 5.41 Å². The smallest absolute Gasteiger partial charge is 0.248 e. The van der Waals surface area contributed by atoms with Crippen LogP contribution in [0.4, 0.5) is 17.6 Å². The summed E-state index contributed by atoms with van der Waals surface area (Å²) in [7, 11) is 2.19. The summed E-state index contributed by atoms with van der Waals surface area (Å²) >= 11 is 0. The van der Waals surface area contributed by atoms with Gasteiger partial charge >= 0.3 is 0 Å². The Bertz CT molecular complexity index is 1640. The van der Waals surface area contributed by atoms with Gasteiger partial charge in [0.15, 0.2) is 11.5 Å². The average Bonchev–Trinajstić information content (AvgIpc) is 3.71. The van der Waals surface area contributed by atoms with Gasteiger partial charge in [0.2, 0.25) is 5.95 Å². The summed E-state index contributed by atoms with van der Waals surface area (Å²) in [5, 5.41) is 12.4. The number of nitrogens with one attached hydrogen (secondary N) is 2. The van der Waals surface area contributed by atoms with Gasteiger partial charge < -0.3 is 15.5 Å². The summed E-state index contributed by atoms with van der Waals surface area (Å²) in [5.41, 5.74) is 3.89. The van der Waals surface area contributed by atoms with E-state index in [0.717, 1.165) is 47.4 Å². The second-order valence-electron chi connectivity index (χ2n) is 11.3. The molecular formula is C29H32N10.